The number of halogens is 1. The lowest BCUT2D eigenvalue weighted by Gasteiger charge is -2.16. The smallest absolute Gasteiger partial charge is 0.375 e. The molecular weight excluding hydrogens is 393 g/mol. The predicted molar refractivity (Wildman–Crippen MR) is 105 cm³/mol. The lowest BCUT2D eigenvalue weighted by atomic mass is 10.1. The molecule has 1 heterocycles. The molecule has 0 fully saturated rings. The van der Waals surface area contributed by atoms with Gasteiger partial charge in [-0.25, -0.2) is 14.0 Å². The van der Waals surface area contributed by atoms with Crippen LogP contribution in [0.2, 0.25) is 0 Å². The molecule has 2 aromatic carbocycles. The third kappa shape index (κ3) is 4.65. The summed E-state index contributed by atoms with van der Waals surface area (Å²) in [6.45, 7) is 0.954. The first-order chi connectivity index (χ1) is 14.4. The molecule has 3 rings (SSSR count). The second-order valence-corrected chi connectivity index (χ2v) is 6.58. The third-order valence-corrected chi connectivity index (χ3v) is 4.54. The fourth-order valence-electron chi connectivity index (χ4n) is 3.02. The molecule has 1 atom stereocenters. The van der Waals surface area contributed by atoms with E-state index in [1.54, 1.807) is 13.0 Å². The number of carbonyl (C=O) groups is 3. The minimum absolute atomic E-state index is 0.0555. The number of benzene rings is 2. The van der Waals surface area contributed by atoms with Crippen molar-refractivity contribution < 1.29 is 32.7 Å². The van der Waals surface area contributed by atoms with Gasteiger partial charge in [0.15, 0.2) is 18.0 Å². The Hall–Kier alpha value is -3.68. The Morgan fingerprint density at radius 1 is 1.10 bits per heavy atom. The molecule has 0 saturated carbocycles. The zero-order valence-corrected chi connectivity index (χ0v) is 16.4. The number of aryl methyl sites for hydroxylation is 1. The number of para-hydroxylation sites is 1. The summed E-state index contributed by atoms with van der Waals surface area (Å²) in [7, 11) is 1.22. The zero-order chi connectivity index (χ0) is 21.7. The Bertz CT molecular complexity index is 1080. The van der Waals surface area contributed by atoms with E-state index < -0.39 is 36.3 Å². The third-order valence-electron chi connectivity index (χ3n) is 4.54. The van der Waals surface area contributed by atoms with Crippen molar-refractivity contribution in [2.24, 2.45) is 0 Å². The van der Waals surface area contributed by atoms with Crippen molar-refractivity contribution in [3.8, 4) is 0 Å². The largest absolute Gasteiger partial charge is 0.467 e. The lowest BCUT2D eigenvalue weighted by molar-refractivity contribution is -0.145. The number of hydrogen-bond donors (Lipinski definition) is 1. The van der Waals surface area contributed by atoms with Gasteiger partial charge in [0.2, 0.25) is 5.76 Å². The van der Waals surface area contributed by atoms with Gasteiger partial charge in [0, 0.05) is 17.4 Å². The van der Waals surface area contributed by atoms with Crippen molar-refractivity contribution in [2.45, 2.75) is 19.4 Å². The SMILES string of the molecule is COC(=O)[C@@H](Cc1ccccc1)NC(=O)COC(=O)c1oc2c(F)cccc2c1C. The van der Waals surface area contributed by atoms with E-state index in [2.05, 4.69) is 5.32 Å². The van der Waals surface area contributed by atoms with Gasteiger partial charge >= 0.3 is 11.9 Å². The van der Waals surface area contributed by atoms with Crippen LogP contribution in [0.1, 0.15) is 21.7 Å². The highest BCUT2D eigenvalue weighted by atomic mass is 19.1. The number of esters is 2. The number of rotatable bonds is 7. The van der Waals surface area contributed by atoms with Crippen LogP contribution in [0.25, 0.3) is 11.0 Å². The Morgan fingerprint density at radius 2 is 1.83 bits per heavy atom. The van der Waals surface area contributed by atoms with Gasteiger partial charge in [-0.05, 0) is 18.6 Å². The van der Waals surface area contributed by atoms with Gasteiger partial charge in [0.1, 0.15) is 6.04 Å². The molecule has 0 radical (unpaired) electrons. The molecule has 0 saturated heterocycles. The second kappa shape index (κ2) is 9.21. The molecule has 1 amide bonds. The van der Waals surface area contributed by atoms with Gasteiger partial charge < -0.3 is 19.2 Å². The van der Waals surface area contributed by atoms with Crippen molar-refractivity contribution in [1.29, 1.82) is 0 Å². The summed E-state index contributed by atoms with van der Waals surface area (Å²) in [5, 5.41) is 2.94. The topological polar surface area (TPSA) is 94.8 Å². The molecule has 0 aliphatic heterocycles. The van der Waals surface area contributed by atoms with Crippen LogP contribution < -0.4 is 5.32 Å². The Kier molecular flexibility index (Phi) is 6.46. The fourth-order valence-corrected chi connectivity index (χ4v) is 3.02. The maximum absolute atomic E-state index is 13.8. The van der Waals surface area contributed by atoms with E-state index in [1.807, 2.05) is 30.3 Å². The summed E-state index contributed by atoms with van der Waals surface area (Å²) in [4.78, 5) is 36.5. The molecule has 0 spiro atoms. The van der Waals surface area contributed by atoms with E-state index in [9.17, 15) is 18.8 Å². The molecule has 156 valence electrons. The van der Waals surface area contributed by atoms with Crippen LogP contribution in [-0.4, -0.2) is 37.6 Å². The standard InChI is InChI=1S/C22H20FNO6/c1-13-15-9-6-10-16(23)20(15)30-19(13)22(27)29-12-18(25)24-17(21(26)28-2)11-14-7-4-3-5-8-14/h3-10,17H,11-12H2,1-2H3,(H,24,25)/t17-/m1/s1. The van der Waals surface area contributed by atoms with Crippen molar-refractivity contribution in [3.05, 3.63) is 71.2 Å². The van der Waals surface area contributed by atoms with Crippen LogP contribution in [0.4, 0.5) is 4.39 Å². The van der Waals surface area contributed by atoms with Crippen molar-refractivity contribution >= 4 is 28.8 Å². The van der Waals surface area contributed by atoms with Crippen LogP contribution in [0, 0.1) is 12.7 Å². The van der Waals surface area contributed by atoms with Gasteiger partial charge in [-0.2, -0.15) is 0 Å². The number of fused-ring (bicyclic) bond motifs is 1. The number of methoxy groups -OCH3 is 1. The summed E-state index contributed by atoms with van der Waals surface area (Å²) < 4.78 is 28.8. The van der Waals surface area contributed by atoms with Gasteiger partial charge in [0.05, 0.1) is 7.11 Å². The molecule has 0 unspecified atom stereocenters. The summed E-state index contributed by atoms with van der Waals surface area (Å²) in [5.41, 5.74) is 1.18. The second-order valence-electron chi connectivity index (χ2n) is 6.58. The van der Waals surface area contributed by atoms with Gasteiger partial charge in [-0.1, -0.05) is 42.5 Å². The molecule has 3 aromatic rings. The van der Waals surface area contributed by atoms with E-state index >= 15 is 0 Å². The Morgan fingerprint density at radius 3 is 2.50 bits per heavy atom. The van der Waals surface area contributed by atoms with Crippen molar-refractivity contribution in [3.63, 3.8) is 0 Å². The van der Waals surface area contributed by atoms with Crippen LogP contribution in [0.15, 0.2) is 52.9 Å². The van der Waals surface area contributed by atoms with E-state index in [4.69, 9.17) is 13.9 Å². The average molecular weight is 413 g/mol. The Labute approximate surface area is 171 Å². The first-order valence-corrected chi connectivity index (χ1v) is 9.16. The fraction of sp³-hybridized carbons (Fsp3) is 0.227. The summed E-state index contributed by atoms with van der Waals surface area (Å²) in [5.74, 6) is -3.00. The highest BCUT2D eigenvalue weighted by Gasteiger charge is 2.24. The molecule has 7 nitrogen and oxygen atoms in total. The zero-order valence-electron chi connectivity index (χ0n) is 16.4. The molecule has 1 N–H and O–H groups in total. The van der Waals surface area contributed by atoms with Crippen LogP contribution in [0.5, 0.6) is 0 Å². The minimum atomic E-state index is -0.939. The number of amides is 1. The highest BCUT2D eigenvalue weighted by Crippen LogP contribution is 2.27. The van der Waals surface area contributed by atoms with Crippen LogP contribution in [-0.2, 0) is 25.5 Å². The van der Waals surface area contributed by atoms with E-state index in [-0.39, 0.29) is 17.8 Å². The molecule has 0 aliphatic carbocycles. The van der Waals surface area contributed by atoms with Crippen LogP contribution >= 0.6 is 0 Å². The maximum Gasteiger partial charge on any atom is 0.375 e. The van der Waals surface area contributed by atoms with Crippen molar-refractivity contribution in [2.75, 3.05) is 13.7 Å². The summed E-state index contributed by atoms with van der Waals surface area (Å²) in [6.07, 6.45) is 0.217. The van der Waals surface area contributed by atoms with Crippen LogP contribution in [0.3, 0.4) is 0 Å². The number of furan rings is 1. The van der Waals surface area contributed by atoms with Gasteiger partial charge in [-0.3, -0.25) is 4.79 Å². The number of hydrogen-bond acceptors (Lipinski definition) is 6. The molecular formula is C22H20FNO6. The van der Waals surface area contributed by atoms with E-state index in [0.717, 1.165) is 5.56 Å². The number of ether oxygens (including phenoxy) is 2. The molecule has 30 heavy (non-hydrogen) atoms. The highest BCUT2D eigenvalue weighted by molar-refractivity contribution is 5.97. The number of carbonyl (C=O) groups excluding carboxylic acids is 3. The molecule has 0 bridgehead atoms. The average Bonchev–Trinajstić information content (AvgIpc) is 3.10. The normalized spacial score (nSPS) is 11.7. The lowest BCUT2D eigenvalue weighted by Crippen LogP contribution is -2.44. The van der Waals surface area contributed by atoms with Gasteiger partial charge in [0.25, 0.3) is 5.91 Å². The molecule has 1 aromatic heterocycles. The van der Waals surface area contributed by atoms with E-state index in [0.29, 0.717) is 10.9 Å². The summed E-state index contributed by atoms with van der Waals surface area (Å²) >= 11 is 0. The first-order valence-electron chi connectivity index (χ1n) is 9.16. The minimum Gasteiger partial charge on any atom is -0.467 e. The molecule has 0 aliphatic rings. The first kappa shape index (κ1) is 21.0. The van der Waals surface area contributed by atoms with E-state index in [1.165, 1.54) is 19.2 Å². The maximum atomic E-state index is 13.8. The number of nitrogens with one attached hydrogen (secondary N) is 1. The quantitative estimate of drug-likeness (QED) is 0.599. The monoisotopic (exact) mass is 413 g/mol. The Balaban J connectivity index is 1.64. The summed E-state index contributed by atoms with van der Waals surface area (Å²) in [6, 6.07) is 12.5. The predicted octanol–water partition coefficient (Wildman–Crippen LogP) is 2.94. The van der Waals surface area contributed by atoms with Gasteiger partial charge in [-0.15, -0.1) is 0 Å². The molecule has 8 heteroatoms. The van der Waals surface area contributed by atoms with Crippen molar-refractivity contribution in [1.82, 2.24) is 5.32 Å².